The Morgan fingerprint density at radius 2 is 1.80 bits per heavy atom. The summed E-state index contributed by atoms with van der Waals surface area (Å²) in [5.74, 6) is -0.0366. The average Bonchev–Trinajstić information content (AvgIpc) is 3.63. The van der Waals surface area contributed by atoms with Gasteiger partial charge in [0.05, 0.1) is 0 Å². The summed E-state index contributed by atoms with van der Waals surface area (Å²) in [6.45, 7) is 2.30. The number of hydrogen-bond acceptors (Lipinski definition) is 3. The number of carbonyl (C=O) groups is 3. The molecule has 1 saturated carbocycles. The fourth-order valence-electron chi connectivity index (χ4n) is 5.79. The van der Waals surface area contributed by atoms with E-state index < -0.39 is 11.6 Å². The molecule has 178 valence electrons. The maximum atomic E-state index is 13.6. The van der Waals surface area contributed by atoms with Crippen molar-refractivity contribution in [2.45, 2.75) is 50.7 Å². The smallest absolute Gasteiger partial charge is 0.325 e. The molecule has 2 atom stereocenters. The minimum absolute atomic E-state index is 0.0518. The van der Waals surface area contributed by atoms with Gasteiger partial charge in [-0.1, -0.05) is 60.7 Å². The molecule has 0 radical (unpaired) electrons. The highest BCUT2D eigenvalue weighted by Crippen LogP contribution is 2.41. The van der Waals surface area contributed by atoms with Crippen LogP contribution in [0.1, 0.15) is 42.9 Å². The first-order chi connectivity index (χ1) is 17.0. The Kier molecular flexibility index (Phi) is 5.13. The Hall–Kier alpha value is -3.67. The standard InChI is InChI=1S/C29H29N3O3/c1-19(21-12-13-21)31(17-20-10-11-22-6-2-3-8-24(22)16-20)26(33)18-32-27(34)29(30-28(32)35)15-14-23-7-4-5-9-25(23)29/h2-11,16,19,21H,12-15,17-18H2,1H3,(H,30,35). The van der Waals surface area contributed by atoms with Crippen molar-refractivity contribution in [1.82, 2.24) is 15.1 Å². The summed E-state index contributed by atoms with van der Waals surface area (Å²) in [7, 11) is 0. The van der Waals surface area contributed by atoms with Gasteiger partial charge in [-0.05, 0) is 72.1 Å². The Bertz CT molecular complexity index is 1350. The van der Waals surface area contributed by atoms with Gasteiger partial charge in [-0.3, -0.25) is 14.5 Å². The number of fused-ring (bicyclic) bond motifs is 3. The van der Waals surface area contributed by atoms with E-state index in [4.69, 9.17) is 0 Å². The topological polar surface area (TPSA) is 69.7 Å². The largest absolute Gasteiger partial charge is 0.334 e. The molecular weight excluding hydrogens is 438 g/mol. The number of imide groups is 1. The monoisotopic (exact) mass is 467 g/mol. The van der Waals surface area contributed by atoms with Gasteiger partial charge in [0.1, 0.15) is 12.1 Å². The minimum atomic E-state index is -1.04. The van der Waals surface area contributed by atoms with Crippen molar-refractivity contribution < 1.29 is 14.4 Å². The highest BCUT2D eigenvalue weighted by molar-refractivity contribution is 6.10. The first kappa shape index (κ1) is 21.8. The normalized spacial score (nSPS) is 21.9. The van der Waals surface area contributed by atoms with Gasteiger partial charge in [0, 0.05) is 12.6 Å². The summed E-state index contributed by atoms with van der Waals surface area (Å²) in [5.41, 5.74) is 1.93. The van der Waals surface area contributed by atoms with Crippen LogP contribution >= 0.6 is 0 Å². The molecule has 35 heavy (non-hydrogen) atoms. The SMILES string of the molecule is CC(C1CC1)N(Cc1ccc2ccccc2c1)C(=O)CN1C(=O)NC2(CCc3ccccc32)C1=O. The van der Waals surface area contributed by atoms with E-state index in [0.29, 0.717) is 18.9 Å². The molecule has 6 nitrogen and oxygen atoms in total. The van der Waals surface area contributed by atoms with Crippen LogP contribution in [0.5, 0.6) is 0 Å². The number of rotatable bonds is 6. The maximum Gasteiger partial charge on any atom is 0.325 e. The molecule has 1 aliphatic heterocycles. The lowest BCUT2D eigenvalue weighted by atomic mass is 9.92. The molecule has 2 aliphatic carbocycles. The Morgan fingerprint density at radius 3 is 2.60 bits per heavy atom. The van der Waals surface area contributed by atoms with E-state index in [-0.39, 0.29) is 24.4 Å². The Morgan fingerprint density at radius 1 is 1.06 bits per heavy atom. The Labute approximate surface area is 204 Å². The summed E-state index contributed by atoms with van der Waals surface area (Å²) >= 11 is 0. The predicted molar refractivity (Wildman–Crippen MR) is 133 cm³/mol. The zero-order valence-corrected chi connectivity index (χ0v) is 19.9. The molecule has 2 unspecified atom stereocenters. The third-order valence-corrected chi connectivity index (χ3v) is 8.00. The zero-order valence-electron chi connectivity index (χ0n) is 19.9. The molecule has 1 heterocycles. The molecule has 6 heteroatoms. The molecule has 1 saturated heterocycles. The fourth-order valence-corrected chi connectivity index (χ4v) is 5.79. The van der Waals surface area contributed by atoms with Crippen LogP contribution < -0.4 is 5.32 Å². The number of carbonyl (C=O) groups excluding carboxylic acids is 3. The number of nitrogens with one attached hydrogen (secondary N) is 1. The van der Waals surface area contributed by atoms with Gasteiger partial charge in [-0.15, -0.1) is 0 Å². The lowest BCUT2D eigenvalue weighted by Crippen LogP contribution is -2.47. The average molecular weight is 468 g/mol. The molecule has 2 fully saturated rings. The highest BCUT2D eigenvalue weighted by Gasteiger charge is 2.55. The maximum absolute atomic E-state index is 13.6. The molecule has 0 bridgehead atoms. The van der Waals surface area contributed by atoms with Crippen molar-refractivity contribution in [3.05, 3.63) is 83.4 Å². The summed E-state index contributed by atoms with van der Waals surface area (Å²) < 4.78 is 0. The van der Waals surface area contributed by atoms with Gasteiger partial charge in [0.2, 0.25) is 5.91 Å². The van der Waals surface area contributed by atoms with Crippen molar-refractivity contribution in [3.8, 4) is 0 Å². The first-order valence-electron chi connectivity index (χ1n) is 12.5. The lowest BCUT2D eigenvalue weighted by molar-refractivity contribution is -0.141. The number of nitrogens with zero attached hydrogens (tertiary/aromatic N) is 2. The van der Waals surface area contributed by atoms with Gasteiger partial charge in [0.15, 0.2) is 0 Å². The number of amides is 4. The van der Waals surface area contributed by atoms with E-state index in [1.807, 2.05) is 41.3 Å². The van der Waals surface area contributed by atoms with Gasteiger partial charge in [-0.2, -0.15) is 0 Å². The predicted octanol–water partition coefficient (Wildman–Crippen LogP) is 4.36. The van der Waals surface area contributed by atoms with E-state index in [1.165, 1.54) is 0 Å². The number of hydrogen-bond donors (Lipinski definition) is 1. The third kappa shape index (κ3) is 3.68. The van der Waals surface area contributed by atoms with Gasteiger partial charge < -0.3 is 10.2 Å². The van der Waals surface area contributed by atoms with Crippen LogP contribution in [0, 0.1) is 5.92 Å². The summed E-state index contributed by atoms with van der Waals surface area (Å²) in [6, 6.07) is 21.7. The van der Waals surface area contributed by atoms with E-state index in [9.17, 15) is 14.4 Å². The van der Waals surface area contributed by atoms with Crippen molar-refractivity contribution in [2.24, 2.45) is 5.92 Å². The summed E-state index contributed by atoms with van der Waals surface area (Å²) in [5, 5.41) is 5.22. The summed E-state index contributed by atoms with van der Waals surface area (Å²) in [6.07, 6.45) is 3.47. The zero-order chi connectivity index (χ0) is 24.2. The van der Waals surface area contributed by atoms with Gasteiger partial charge in [-0.25, -0.2) is 4.79 Å². The molecule has 1 spiro atoms. The molecule has 3 aromatic rings. The molecule has 0 aromatic heterocycles. The van der Waals surface area contributed by atoms with Crippen molar-refractivity contribution in [2.75, 3.05) is 6.54 Å². The second kappa shape index (κ2) is 8.22. The van der Waals surface area contributed by atoms with Crippen LogP contribution in [0.25, 0.3) is 10.8 Å². The van der Waals surface area contributed by atoms with E-state index in [1.54, 1.807) is 0 Å². The second-order valence-corrected chi connectivity index (χ2v) is 10.2. The van der Waals surface area contributed by atoms with Crippen molar-refractivity contribution in [1.29, 1.82) is 0 Å². The van der Waals surface area contributed by atoms with Crippen LogP contribution in [0.3, 0.4) is 0 Å². The van der Waals surface area contributed by atoms with Gasteiger partial charge >= 0.3 is 6.03 Å². The van der Waals surface area contributed by atoms with E-state index >= 15 is 0 Å². The van der Waals surface area contributed by atoms with Crippen LogP contribution in [-0.4, -0.2) is 40.2 Å². The molecule has 3 aliphatic rings. The van der Waals surface area contributed by atoms with E-state index in [2.05, 4.69) is 42.6 Å². The minimum Gasteiger partial charge on any atom is -0.334 e. The third-order valence-electron chi connectivity index (χ3n) is 8.00. The number of urea groups is 1. The van der Waals surface area contributed by atoms with Crippen LogP contribution in [-0.2, 0) is 28.1 Å². The molecular formula is C29H29N3O3. The highest BCUT2D eigenvalue weighted by atomic mass is 16.2. The molecule has 3 aromatic carbocycles. The quantitative estimate of drug-likeness (QED) is 0.548. The lowest BCUT2D eigenvalue weighted by Gasteiger charge is -2.31. The van der Waals surface area contributed by atoms with Crippen LogP contribution in [0.2, 0.25) is 0 Å². The van der Waals surface area contributed by atoms with Crippen molar-refractivity contribution >= 4 is 28.6 Å². The van der Waals surface area contributed by atoms with Crippen molar-refractivity contribution in [3.63, 3.8) is 0 Å². The number of aryl methyl sites for hydroxylation is 1. The van der Waals surface area contributed by atoms with Crippen LogP contribution in [0.15, 0.2) is 66.7 Å². The molecule has 6 rings (SSSR count). The first-order valence-corrected chi connectivity index (χ1v) is 12.5. The van der Waals surface area contributed by atoms with Crippen LogP contribution in [0.4, 0.5) is 4.79 Å². The molecule has 1 N–H and O–H groups in total. The fraction of sp³-hybridized carbons (Fsp3) is 0.345. The van der Waals surface area contributed by atoms with Gasteiger partial charge in [0.25, 0.3) is 5.91 Å². The number of benzene rings is 3. The molecule has 4 amide bonds. The Balaban J connectivity index is 1.25. The second-order valence-electron chi connectivity index (χ2n) is 10.2. The summed E-state index contributed by atoms with van der Waals surface area (Å²) in [4.78, 5) is 43.1. The van der Waals surface area contributed by atoms with E-state index in [0.717, 1.165) is 51.6 Å².